The molecule has 0 spiro atoms. The lowest BCUT2D eigenvalue weighted by molar-refractivity contribution is -0.135. The van der Waals surface area contributed by atoms with E-state index in [9.17, 15) is 10.0 Å². The van der Waals surface area contributed by atoms with Crippen molar-refractivity contribution in [3.63, 3.8) is 0 Å². The Balaban J connectivity index is 1.72. The van der Waals surface area contributed by atoms with E-state index in [2.05, 4.69) is 43.4 Å². The third kappa shape index (κ3) is 2.11. The van der Waals surface area contributed by atoms with Gasteiger partial charge in [-0.25, -0.2) is 0 Å². The van der Waals surface area contributed by atoms with Crippen molar-refractivity contribution in [1.82, 2.24) is 5.32 Å². The van der Waals surface area contributed by atoms with Crippen molar-refractivity contribution < 1.29 is 10.0 Å². The lowest BCUT2D eigenvalue weighted by Crippen LogP contribution is -2.47. The molecule has 2 fully saturated rings. The molecule has 2 aliphatic carbocycles. The lowest BCUT2D eigenvalue weighted by Gasteiger charge is -2.39. The topological polar surface area (TPSA) is 61.7 Å². The summed E-state index contributed by atoms with van der Waals surface area (Å²) in [6, 6.07) is 10.2. The van der Waals surface area contributed by atoms with Gasteiger partial charge in [-0.05, 0) is 30.2 Å². The van der Waals surface area contributed by atoms with Gasteiger partial charge in [0.1, 0.15) is 0 Å². The molecular weight excluding hydrogens is 288 g/mol. The zero-order chi connectivity index (χ0) is 16.7. The highest BCUT2D eigenvalue weighted by Gasteiger charge is 2.71. The maximum absolute atomic E-state index is 13.0. The number of hydrogen-bond donors (Lipinski definition) is 2. The molecule has 2 saturated carbocycles. The van der Waals surface area contributed by atoms with Crippen molar-refractivity contribution in [3.05, 3.63) is 35.9 Å². The van der Waals surface area contributed by atoms with E-state index in [1.807, 2.05) is 18.2 Å². The Hall–Kier alpha value is -1.84. The Morgan fingerprint density at radius 2 is 1.91 bits per heavy atom. The average Bonchev–Trinajstić information content (AvgIpc) is 2.85. The van der Waals surface area contributed by atoms with Crippen molar-refractivity contribution >= 4 is 11.6 Å². The number of amides is 1. The van der Waals surface area contributed by atoms with Gasteiger partial charge in [0.15, 0.2) is 0 Å². The van der Waals surface area contributed by atoms with Gasteiger partial charge in [0.2, 0.25) is 5.91 Å². The molecule has 1 amide bonds. The summed E-state index contributed by atoms with van der Waals surface area (Å²) in [7, 11) is 0. The Morgan fingerprint density at radius 3 is 2.52 bits per heavy atom. The second kappa shape index (κ2) is 5.36. The van der Waals surface area contributed by atoms with Crippen LogP contribution >= 0.6 is 0 Å². The van der Waals surface area contributed by atoms with E-state index in [0.717, 1.165) is 25.0 Å². The van der Waals surface area contributed by atoms with Crippen LogP contribution in [0.3, 0.4) is 0 Å². The quantitative estimate of drug-likeness (QED) is 0.661. The normalized spacial score (nSPS) is 33.1. The highest BCUT2D eigenvalue weighted by molar-refractivity contribution is 6.02. The van der Waals surface area contributed by atoms with Crippen molar-refractivity contribution in [3.8, 4) is 0 Å². The summed E-state index contributed by atoms with van der Waals surface area (Å²) >= 11 is 0. The van der Waals surface area contributed by atoms with E-state index in [4.69, 9.17) is 0 Å². The van der Waals surface area contributed by atoms with Crippen molar-refractivity contribution in [2.24, 2.45) is 21.4 Å². The van der Waals surface area contributed by atoms with Gasteiger partial charge in [0, 0.05) is 18.4 Å². The zero-order valence-corrected chi connectivity index (χ0v) is 14.2. The first-order valence-corrected chi connectivity index (χ1v) is 8.41. The monoisotopic (exact) mass is 314 g/mol. The SMILES string of the molecule is CC1(C)[C@]2(C(=O)NCCc3ccccc3)CC[C@@]1(C)/C(=N\O)C2. The maximum atomic E-state index is 13.0. The van der Waals surface area contributed by atoms with Crippen LogP contribution in [0.15, 0.2) is 35.5 Å². The minimum Gasteiger partial charge on any atom is -0.411 e. The first kappa shape index (κ1) is 16.0. The number of hydrogen-bond acceptors (Lipinski definition) is 3. The molecule has 124 valence electrons. The summed E-state index contributed by atoms with van der Waals surface area (Å²) < 4.78 is 0. The molecule has 0 unspecified atom stereocenters. The second-order valence-electron chi connectivity index (χ2n) is 7.75. The Morgan fingerprint density at radius 1 is 1.22 bits per heavy atom. The number of rotatable bonds is 4. The van der Waals surface area contributed by atoms with Crippen LogP contribution in [0.2, 0.25) is 0 Å². The predicted octanol–water partition coefficient (Wildman–Crippen LogP) is 3.39. The standard InChI is InChI=1S/C19H26N2O2/c1-17(2)18(3)10-11-19(17,13-15(18)21-23)16(22)20-12-9-14-7-5-4-6-8-14/h4-8,23H,9-13H2,1-3H3,(H,20,22)/b21-15-/t18-,19+/m0/s1. The summed E-state index contributed by atoms with van der Waals surface area (Å²) in [6.45, 7) is 7.07. The van der Waals surface area contributed by atoms with E-state index < -0.39 is 5.41 Å². The molecule has 4 nitrogen and oxygen atoms in total. The zero-order valence-electron chi connectivity index (χ0n) is 14.2. The summed E-state index contributed by atoms with van der Waals surface area (Å²) in [4.78, 5) is 13.0. The molecule has 0 radical (unpaired) electrons. The van der Waals surface area contributed by atoms with Crippen LogP contribution in [-0.2, 0) is 11.2 Å². The van der Waals surface area contributed by atoms with Crippen molar-refractivity contribution in [2.45, 2.75) is 46.5 Å². The van der Waals surface area contributed by atoms with Gasteiger partial charge in [0.05, 0.1) is 11.1 Å². The minimum atomic E-state index is -0.444. The first-order chi connectivity index (χ1) is 10.9. The van der Waals surface area contributed by atoms with Crippen LogP contribution in [0.25, 0.3) is 0 Å². The molecule has 2 atom stereocenters. The third-order valence-corrected chi connectivity index (χ3v) is 6.83. The molecule has 3 rings (SSSR count). The number of benzene rings is 1. The van der Waals surface area contributed by atoms with E-state index in [0.29, 0.717) is 13.0 Å². The molecule has 2 bridgehead atoms. The molecule has 23 heavy (non-hydrogen) atoms. The van der Waals surface area contributed by atoms with Crippen LogP contribution in [0.4, 0.5) is 0 Å². The van der Waals surface area contributed by atoms with Crippen LogP contribution in [-0.4, -0.2) is 23.4 Å². The van der Waals surface area contributed by atoms with Gasteiger partial charge in [-0.3, -0.25) is 4.79 Å². The maximum Gasteiger partial charge on any atom is 0.227 e. The van der Waals surface area contributed by atoms with Crippen LogP contribution in [0.5, 0.6) is 0 Å². The van der Waals surface area contributed by atoms with Crippen LogP contribution in [0.1, 0.15) is 45.6 Å². The second-order valence-corrected chi connectivity index (χ2v) is 7.75. The molecule has 0 saturated heterocycles. The van der Waals surface area contributed by atoms with Gasteiger partial charge < -0.3 is 10.5 Å². The van der Waals surface area contributed by atoms with Crippen molar-refractivity contribution in [1.29, 1.82) is 0 Å². The van der Waals surface area contributed by atoms with Crippen molar-refractivity contribution in [2.75, 3.05) is 6.54 Å². The number of fused-ring (bicyclic) bond motifs is 2. The summed E-state index contributed by atoms with van der Waals surface area (Å²) in [5, 5.41) is 16.0. The first-order valence-electron chi connectivity index (χ1n) is 8.41. The van der Waals surface area contributed by atoms with Crippen LogP contribution < -0.4 is 5.32 Å². The number of nitrogens with one attached hydrogen (secondary N) is 1. The van der Waals surface area contributed by atoms with E-state index in [1.54, 1.807) is 0 Å². The number of carbonyl (C=O) groups is 1. The fraction of sp³-hybridized carbons (Fsp3) is 0.579. The minimum absolute atomic E-state index is 0.112. The molecule has 2 aliphatic rings. The molecule has 1 aromatic rings. The van der Waals surface area contributed by atoms with Gasteiger partial charge >= 0.3 is 0 Å². The largest absolute Gasteiger partial charge is 0.411 e. The predicted molar refractivity (Wildman–Crippen MR) is 90.5 cm³/mol. The van der Waals surface area contributed by atoms with E-state index in [-0.39, 0.29) is 16.7 Å². The smallest absolute Gasteiger partial charge is 0.227 e. The lowest BCUT2D eigenvalue weighted by atomic mass is 9.64. The summed E-state index contributed by atoms with van der Waals surface area (Å²) in [5.41, 5.74) is 1.19. The van der Waals surface area contributed by atoms with E-state index in [1.165, 1.54) is 5.56 Å². The van der Waals surface area contributed by atoms with Gasteiger partial charge in [-0.15, -0.1) is 0 Å². The molecule has 0 aliphatic heterocycles. The fourth-order valence-electron chi connectivity index (χ4n) is 4.67. The highest BCUT2D eigenvalue weighted by Crippen LogP contribution is 2.70. The fourth-order valence-corrected chi connectivity index (χ4v) is 4.67. The average molecular weight is 314 g/mol. The Kier molecular flexibility index (Phi) is 3.74. The molecule has 2 N–H and O–H groups in total. The molecule has 1 aromatic carbocycles. The van der Waals surface area contributed by atoms with Crippen LogP contribution in [0, 0.1) is 16.2 Å². The number of oxime groups is 1. The summed E-state index contributed by atoms with van der Waals surface area (Å²) in [6.07, 6.45) is 3.18. The third-order valence-electron chi connectivity index (χ3n) is 6.83. The molecular formula is C19H26N2O2. The number of nitrogens with zero attached hydrogens (tertiary/aromatic N) is 1. The van der Waals surface area contributed by atoms with E-state index >= 15 is 0 Å². The highest BCUT2D eigenvalue weighted by atomic mass is 16.4. The number of carbonyl (C=O) groups excluding carboxylic acids is 1. The molecule has 0 heterocycles. The van der Waals surface area contributed by atoms with Gasteiger partial charge in [0.25, 0.3) is 0 Å². The summed E-state index contributed by atoms with van der Waals surface area (Å²) in [5.74, 6) is 0.112. The van der Waals surface area contributed by atoms with Gasteiger partial charge in [-0.1, -0.05) is 56.3 Å². The molecule has 4 heteroatoms. The van der Waals surface area contributed by atoms with Gasteiger partial charge in [-0.2, -0.15) is 0 Å². The Labute approximate surface area is 138 Å². The Bertz CT molecular complexity index is 638. The molecule has 0 aromatic heterocycles.